The van der Waals surface area contributed by atoms with E-state index in [0.717, 1.165) is 78.5 Å². The van der Waals surface area contributed by atoms with Crippen molar-refractivity contribution < 1.29 is 9.47 Å². The van der Waals surface area contributed by atoms with E-state index >= 15 is 0 Å². The molecule has 1 aliphatic heterocycles. The highest BCUT2D eigenvalue weighted by Crippen LogP contribution is 2.20. The van der Waals surface area contributed by atoms with Crippen molar-refractivity contribution in [2.24, 2.45) is 0 Å². The molecule has 1 heterocycles. The van der Waals surface area contributed by atoms with E-state index in [4.69, 9.17) is 9.47 Å². The lowest BCUT2D eigenvalue weighted by Crippen LogP contribution is -2.48. The molecule has 3 rings (SSSR count). The maximum Gasteiger partial charge on any atom is 0.0593 e. The summed E-state index contributed by atoms with van der Waals surface area (Å²) in [6.07, 6.45) is 2.24. The zero-order valence-corrected chi connectivity index (χ0v) is 20.1. The Hall–Kier alpha value is -1.72. The molecule has 2 aromatic carbocycles. The number of rotatable bonds is 14. The third kappa shape index (κ3) is 8.32. The Morgan fingerprint density at radius 2 is 1.00 bits per heavy atom. The first kappa shape index (κ1) is 24.9. The van der Waals surface area contributed by atoms with Crippen molar-refractivity contribution in [1.82, 2.24) is 9.80 Å². The molecule has 1 aliphatic rings. The van der Waals surface area contributed by atoms with Crippen LogP contribution in [-0.4, -0.2) is 75.5 Å². The smallest absolute Gasteiger partial charge is 0.0593 e. The second-order valence-corrected chi connectivity index (χ2v) is 8.86. The van der Waals surface area contributed by atoms with Gasteiger partial charge in [-0.2, -0.15) is 0 Å². The predicted octanol–water partition coefficient (Wildman–Crippen LogP) is 5.02. The minimum atomic E-state index is 0.502. The van der Waals surface area contributed by atoms with Crippen LogP contribution in [0.3, 0.4) is 0 Å². The van der Waals surface area contributed by atoms with Crippen molar-refractivity contribution >= 4 is 0 Å². The molecule has 2 unspecified atom stereocenters. The average molecular weight is 439 g/mol. The maximum absolute atomic E-state index is 6.04. The molecule has 0 aliphatic carbocycles. The molecule has 0 bridgehead atoms. The van der Waals surface area contributed by atoms with Gasteiger partial charge in [0.1, 0.15) is 0 Å². The van der Waals surface area contributed by atoms with Gasteiger partial charge >= 0.3 is 0 Å². The van der Waals surface area contributed by atoms with Gasteiger partial charge < -0.3 is 9.47 Å². The van der Waals surface area contributed by atoms with Gasteiger partial charge in [0.15, 0.2) is 0 Å². The van der Waals surface area contributed by atoms with E-state index in [1.165, 1.54) is 11.1 Å². The molecule has 1 saturated heterocycles. The average Bonchev–Trinajstić information content (AvgIpc) is 2.86. The summed E-state index contributed by atoms with van der Waals surface area (Å²) in [6, 6.07) is 21.5. The summed E-state index contributed by atoms with van der Waals surface area (Å²) in [5, 5.41) is 0. The number of nitrogens with zero attached hydrogens (tertiary/aromatic N) is 2. The Kier molecular flexibility index (Phi) is 11.2. The summed E-state index contributed by atoms with van der Waals surface area (Å²) in [5.74, 6) is 1.00. The van der Waals surface area contributed by atoms with Gasteiger partial charge in [-0.1, -0.05) is 74.5 Å². The summed E-state index contributed by atoms with van der Waals surface area (Å²) in [4.78, 5) is 5.06. The second-order valence-electron chi connectivity index (χ2n) is 8.86. The van der Waals surface area contributed by atoms with Crippen LogP contribution in [0.25, 0.3) is 0 Å². The molecule has 0 amide bonds. The molecule has 1 fully saturated rings. The number of hydrogen-bond donors (Lipinski definition) is 0. The van der Waals surface area contributed by atoms with Gasteiger partial charge in [-0.3, -0.25) is 9.80 Å². The monoisotopic (exact) mass is 438 g/mol. The van der Waals surface area contributed by atoms with Crippen molar-refractivity contribution in [3.8, 4) is 0 Å². The first-order chi connectivity index (χ1) is 15.8. The molecule has 4 heteroatoms. The van der Waals surface area contributed by atoms with Gasteiger partial charge in [-0.25, -0.2) is 0 Å². The Labute approximate surface area is 195 Å². The molecular formula is C28H42N2O2. The van der Waals surface area contributed by atoms with Gasteiger partial charge in [0, 0.05) is 51.1 Å². The van der Waals surface area contributed by atoms with Crippen LogP contribution in [-0.2, 0) is 9.47 Å². The topological polar surface area (TPSA) is 24.9 Å². The van der Waals surface area contributed by atoms with Crippen LogP contribution in [0.5, 0.6) is 0 Å². The molecule has 2 aromatic rings. The molecule has 0 saturated carbocycles. The van der Waals surface area contributed by atoms with E-state index in [2.05, 4.69) is 84.3 Å². The normalized spacial score (nSPS) is 17.3. The highest BCUT2D eigenvalue weighted by molar-refractivity contribution is 5.20. The summed E-state index contributed by atoms with van der Waals surface area (Å²) < 4.78 is 12.1. The van der Waals surface area contributed by atoms with Crippen LogP contribution >= 0.6 is 0 Å². The molecule has 0 radical (unpaired) electrons. The van der Waals surface area contributed by atoms with Crippen molar-refractivity contribution in [3.63, 3.8) is 0 Å². The molecule has 176 valence electrons. The highest BCUT2D eigenvalue weighted by Gasteiger charge is 2.17. The third-order valence-electron chi connectivity index (χ3n) is 6.73. The Bertz CT molecular complexity index is 653. The lowest BCUT2D eigenvalue weighted by Gasteiger charge is -2.34. The van der Waals surface area contributed by atoms with Gasteiger partial charge in [-0.05, 0) is 24.0 Å². The Balaban J connectivity index is 1.24. The molecule has 0 aromatic heterocycles. The van der Waals surface area contributed by atoms with Crippen molar-refractivity contribution in [2.75, 3.05) is 65.7 Å². The highest BCUT2D eigenvalue weighted by atomic mass is 16.5. The Morgan fingerprint density at radius 3 is 1.34 bits per heavy atom. The lowest BCUT2D eigenvalue weighted by atomic mass is 9.98. The maximum atomic E-state index is 6.04. The van der Waals surface area contributed by atoms with Gasteiger partial charge in [-0.15, -0.1) is 0 Å². The zero-order chi connectivity index (χ0) is 22.4. The molecule has 32 heavy (non-hydrogen) atoms. The fourth-order valence-corrected chi connectivity index (χ4v) is 4.42. The standard InChI is InChI=1S/C28H42N2O2/c1-3-25(27-11-7-5-8-12-27)23-31-21-19-29-15-17-30(18-16-29)20-22-32-24-26(4-2)28-13-9-6-10-14-28/h5-14,25-26H,3-4,15-24H2,1-2H3. The summed E-state index contributed by atoms with van der Waals surface area (Å²) in [6.45, 7) is 14.3. The molecular weight excluding hydrogens is 396 g/mol. The number of ether oxygens (including phenoxy) is 2. The fraction of sp³-hybridized carbons (Fsp3) is 0.571. The summed E-state index contributed by atoms with van der Waals surface area (Å²) in [7, 11) is 0. The lowest BCUT2D eigenvalue weighted by molar-refractivity contribution is 0.0507. The first-order valence-corrected chi connectivity index (χ1v) is 12.5. The minimum Gasteiger partial charge on any atom is -0.379 e. The van der Waals surface area contributed by atoms with Crippen LogP contribution in [0.1, 0.15) is 49.7 Å². The minimum absolute atomic E-state index is 0.502. The molecule has 4 nitrogen and oxygen atoms in total. The van der Waals surface area contributed by atoms with Crippen LogP contribution in [0, 0.1) is 0 Å². The summed E-state index contributed by atoms with van der Waals surface area (Å²) in [5.41, 5.74) is 2.78. The van der Waals surface area contributed by atoms with Crippen molar-refractivity contribution in [1.29, 1.82) is 0 Å². The van der Waals surface area contributed by atoms with Crippen LogP contribution < -0.4 is 0 Å². The van der Waals surface area contributed by atoms with E-state index in [1.807, 2.05) is 0 Å². The number of benzene rings is 2. The zero-order valence-electron chi connectivity index (χ0n) is 20.1. The Morgan fingerprint density at radius 1 is 0.625 bits per heavy atom. The van der Waals surface area contributed by atoms with Crippen molar-refractivity contribution in [2.45, 2.75) is 38.5 Å². The van der Waals surface area contributed by atoms with Crippen LogP contribution in [0.2, 0.25) is 0 Å². The quantitative estimate of drug-likeness (QED) is 0.387. The molecule has 2 atom stereocenters. The van der Waals surface area contributed by atoms with E-state index in [9.17, 15) is 0 Å². The van der Waals surface area contributed by atoms with E-state index in [0.29, 0.717) is 11.8 Å². The molecule has 0 N–H and O–H groups in total. The van der Waals surface area contributed by atoms with E-state index < -0.39 is 0 Å². The largest absolute Gasteiger partial charge is 0.379 e. The number of hydrogen-bond acceptors (Lipinski definition) is 4. The van der Waals surface area contributed by atoms with Gasteiger partial charge in [0.25, 0.3) is 0 Å². The van der Waals surface area contributed by atoms with Gasteiger partial charge in [0.2, 0.25) is 0 Å². The second kappa shape index (κ2) is 14.4. The van der Waals surface area contributed by atoms with E-state index in [-0.39, 0.29) is 0 Å². The van der Waals surface area contributed by atoms with Gasteiger partial charge in [0.05, 0.1) is 26.4 Å². The van der Waals surface area contributed by atoms with E-state index in [1.54, 1.807) is 0 Å². The predicted molar refractivity (Wildman–Crippen MR) is 133 cm³/mol. The first-order valence-electron chi connectivity index (χ1n) is 12.5. The van der Waals surface area contributed by atoms with Crippen molar-refractivity contribution in [3.05, 3.63) is 71.8 Å². The molecule has 0 spiro atoms. The number of piperazine rings is 1. The fourth-order valence-electron chi connectivity index (χ4n) is 4.42. The SMILES string of the molecule is CCC(COCCN1CCN(CCOCC(CC)c2ccccc2)CC1)c1ccccc1. The van der Waals surface area contributed by atoms with Crippen LogP contribution in [0.15, 0.2) is 60.7 Å². The third-order valence-corrected chi connectivity index (χ3v) is 6.73. The van der Waals surface area contributed by atoms with Crippen LogP contribution in [0.4, 0.5) is 0 Å². The summed E-state index contributed by atoms with van der Waals surface area (Å²) >= 11 is 0.